The van der Waals surface area contributed by atoms with Gasteiger partial charge in [-0.3, -0.25) is 14.3 Å². The van der Waals surface area contributed by atoms with Crippen LogP contribution in [-0.2, 0) is 17.8 Å². The molecule has 2 aliphatic rings. The van der Waals surface area contributed by atoms with Crippen molar-refractivity contribution in [1.82, 2.24) is 24.2 Å². The first-order chi connectivity index (χ1) is 13.4. The average Bonchev–Trinajstić information content (AvgIpc) is 3.25. The zero-order valence-corrected chi connectivity index (χ0v) is 15.7. The highest BCUT2D eigenvalue weighted by molar-refractivity contribution is 5.81. The van der Waals surface area contributed by atoms with Crippen LogP contribution >= 0.6 is 0 Å². The Morgan fingerprint density at radius 2 is 2.14 bits per heavy atom. The van der Waals surface area contributed by atoms with Crippen LogP contribution in [0.1, 0.15) is 55.7 Å². The van der Waals surface area contributed by atoms with E-state index in [1.54, 1.807) is 0 Å². The molecule has 2 aromatic rings. The maximum absolute atomic E-state index is 13.0. The molecule has 0 aromatic carbocycles. The molecular weight excluding hydrogens is 368 g/mol. The minimum absolute atomic E-state index is 0.00472. The number of carbonyl (C=O) groups is 1. The van der Waals surface area contributed by atoms with E-state index in [4.69, 9.17) is 0 Å². The monoisotopic (exact) mass is 391 g/mol. The fourth-order valence-electron chi connectivity index (χ4n) is 4.05. The van der Waals surface area contributed by atoms with Gasteiger partial charge < -0.3 is 4.90 Å². The third-order valence-electron chi connectivity index (χ3n) is 5.55. The van der Waals surface area contributed by atoms with E-state index in [1.165, 1.54) is 27.6 Å². The third-order valence-corrected chi connectivity index (χ3v) is 5.55. The fourth-order valence-corrected chi connectivity index (χ4v) is 4.05. The van der Waals surface area contributed by atoms with Gasteiger partial charge in [-0.1, -0.05) is 13.0 Å². The molecule has 0 spiro atoms. The SMILES string of the molecule is C[C@H]1CCN(C(=O)[C@@H]2CCCc3nn(Cc4ccc(C(F)F)nc4)c(=O)n32)C1. The van der Waals surface area contributed by atoms with Crippen LogP contribution < -0.4 is 5.69 Å². The normalized spacial score (nSPS) is 21.9. The Kier molecular flexibility index (Phi) is 4.99. The molecular formula is C19H23F2N5O2. The van der Waals surface area contributed by atoms with Gasteiger partial charge >= 0.3 is 5.69 Å². The summed E-state index contributed by atoms with van der Waals surface area (Å²) in [6, 6.07) is 2.27. The summed E-state index contributed by atoms with van der Waals surface area (Å²) in [5.74, 6) is 1.09. The van der Waals surface area contributed by atoms with Crippen LogP contribution in [-0.4, -0.2) is 43.2 Å². The molecule has 4 heterocycles. The van der Waals surface area contributed by atoms with E-state index in [0.717, 1.165) is 25.9 Å². The lowest BCUT2D eigenvalue weighted by molar-refractivity contribution is -0.134. The van der Waals surface area contributed by atoms with Gasteiger partial charge in [0.25, 0.3) is 6.43 Å². The maximum Gasteiger partial charge on any atom is 0.346 e. The number of pyridine rings is 1. The predicted molar refractivity (Wildman–Crippen MR) is 97.1 cm³/mol. The van der Waals surface area contributed by atoms with E-state index in [2.05, 4.69) is 17.0 Å². The summed E-state index contributed by atoms with van der Waals surface area (Å²) in [4.78, 5) is 31.5. The highest BCUT2D eigenvalue weighted by Gasteiger charge is 2.35. The summed E-state index contributed by atoms with van der Waals surface area (Å²) in [5, 5.41) is 4.40. The molecule has 150 valence electrons. The summed E-state index contributed by atoms with van der Waals surface area (Å²) in [6.45, 7) is 3.72. The highest BCUT2D eigenvalue weighted by atomic mass is 19.3. The molecule has 0 N–H and O–H groups in total. The third kappa shape index (κ3) is 3.45. The lowest BCUT2D eigenvalue weighted by Crippen LogP contribution is -2.41. The van der Waals surface area contributed by atoms with Crippen LogP contribution in [0, 0.1) is 5.92 Å². The molecule has 2 aromatic heterocycles. The van der Waals surface area contributed by atoms with Crippen LogP contribution in [0.2, 0.25) is 0 Å². The lowest BCUT2D eigenvalue weighted by Gasteiger charge is -2.27. The van der Waals surface area contributed by atoms with Crippen LogP contribution in [0.15, 0.2) is 23.1 Å². The fraction of sp³-hybridized carbons (Fsp3) is 0.579. The Labute approximate surface area is 161 Å². The average molecular weight is 391 g/mol. The van der Waals surface area contributed by atoms with Crippen molar-refractivity contribution >= 4 is 5.91 Å². The van der Waals surface area contributed by atoms with Gasteiger partial charge in [0.15, 0.2) is 0 Å². The van der Waals surface area contributed by atoms with Crippen molar-refractivity contribution in [3.8, 4) is 0 Å². The van der Waals surface area contributed by atoms with Crippen LogP contribution in [0.25, 0.3) is 0 Å². The van der Waals surface area contributed by atoms with Gasteiger partial charge in [-0.2, -0.15) is 5.10 Å². The second kappa shape index (κ2) is 7.44. The molecule has 0 aliphatic carbocycles. The van der Waals surface area contributed by atoms with Gasteiger partial charge in [-0.15, -0.1) is 0 Å². The summed E-state index contributed by atoms with van der Waals surface area (Å²) >= 11 is 0. The maximum atomic E-state index is 13.0. The second-order valence-electron chi connectivity index (χ2n) is 7.70. The smallest absolute Gasteiger partial charge is 0.341 e. The molecule has 1 saturated heterocycles. The molecule has 9 heteroatoms. The van der Waals surface area contributed by atoms with Crippen LogP contribution in [0.3, 0.4) is 0 Å². The first-order valence-corrected chi connectivity index (χ1v) is 9.64. The minimum atomic E-state index is -2.63. The number of likely N-dealkylation sites (tertiary alicyclic amines) is 1. The Morgan fingerprint density at radius 3 is 2.79 bits per heavy atom. The molecule has 1 amide bonds. The Bertz CT molecular complexity index is 921. The minimum Gasteiger partial charge on any atom is -0.341 e. The Balaban J connectivity index is 1.58. The van der Waals surface area contributed by atoms with E-state index >= 15 is 0 Å². The van der Waals surface area contributed by atoms with E-state index < -0.39 is 12.5 Å². The van der Waals surface area contributed by atoms with E-state index in [1.807, 2.05) is 4.90 Å². The van der Waals surface area contributed by atoms with Gasteiger partial charge in [0.2, 0.25) is 5.91 Å². The van der Waals surface area contributed by atoms with Gasteiger partial charge in [0, 0.05) is 25.7 Å². The largest absolute Gasteiger partial charge is 0.346 e. The number of hydrogen-bond donors (Lipinski definition) is 0. The number of hydrogen-bond acceptors (Lipinski definition) is 4. The van der Waals surface area contributed by atoms with Crippen molar-refractivity contribution in [1.29, 1.82) is 0 Å². The molecule has 28 heavy (non-hydrogen) atoms. The first kappa shape index (κ1) is 18.8. The van der Waals surface area contributed by atoms with E-state index in [9.17, 15) is 18.4 Å². The van der Waals surface area contributed by atoms with Gasteiger partial charge in [0.05, 0.1) is 6.54 Å². The number of fused-ring (bicyclic) bond motifs is 1. The highest BCUT2D eigenvalue weighted by Crippen LogP contribution is 2.27. The summed E-state index contributed by atoms with van der Waals surface area (Å²) in [5.41, 5.74) is -0.0258. The van der Waals surface area contributed by atoms with E-state index in [-0.39, 0.29) is 23.8 Å². The van der Waals surface area contributed by atoms with Gasteiger partial charge in [-0.05, 0) is 36.8 Å². The van der Waals surface area contributed by atoms with Crippen molar-refractivity contribution in [2.24, 2.45) is 5.92 Å². The number of rotatable bonds is 4. The van der Waals surface area contributed by atoms with Crippen LogP contribution in [0.4, 0.5) is 8.78 Å². The number of carbonyl (C=O) groups excluding carboxylic acids is 1. The zero-order chi connectivity index (χ0) is 19.8. The molecule has 4 rings (SSSR count). The van der Waals surface area contributed by atoms with Crippen molar-refractivity contribution in [2.45, 2.75) is 51.6 Å². The summed E-state index contributed by atoms with van der Waals surface area (Å²) in [6.07, 6.45) is 1.78. The van der Waals surface area contributed by atoms with E-state index in [0.29, 0.717) is 30.1 Å². The van der Waals surface area contributed by atoms with Crippen molar-refractivity contribution < 1.29 is 13.6 Å². The lowest BCUT2D eigenvalue weighted by atomic mass is 10.0. The Morgan fingerprint density at radius 1 is 1.32 bits per heavy atom. The predicted octanol–water partition coefficient (Wildman–Crippen LogP) is 2.17. The topological polar surface area (TPSA) is 73.0 Å². The molecule has 0 saturated carbocycles. The number of amides is 1. The summed E-state index contributed by atoms with van der Waals surface area (Å²) in [7, 11) is 0. The molecule has 0 unspecified atom stereocenters. The molecule has 1 fully saturated rings. The molecule has 2 aliphatic heterocycles. The number of aryl methyl sites for hydroxylation is 1. The first-order valence-electron chi connectivity index (χ1n) is 9.64. The number of alkyl halides is 2. The van der Waals surface area contributed by atoms with Crippen molar-refractivity contribution in [3.05, 3.63) is 45.9 Å². The Hall–Kier alpha value is -2.58. The number of nitrogens with zero attached hydrogens (tertiary/aromatic N) is 5. The van der Waals surface area contributed by atoms with Crippen molar-refractivity contribution in [3.63, 3.8) is 0 Å². The van der Waals surface area contributed by atoms with Gasteiger partial charge in [-0.25, -0.2) is 18.3 Å². The van der Waals surface area contributed by atoms with Crippen molar-refractivity contribution in [2.75, 3.05) is 13.1 Å². The molecule has 0 radical (unpaired) electrons. The number of aromatic nitrogens is 4. The standard InChI is InChI=1S/C19H23F2N5O2/c1-12-7-8-24(10-12)18(27)15-3-2-4-16-23-25(19(28)26(15)16)11-13-5-6-14(17(20)21)22-9-13/h5-6,9,12,15,17H,2-4,7-8,10-11H2,1H3/t12-,15-/m0/s1. The molecule has 2 atom stereocenters. The van der Waals surface area contributed by atoms with Gasteiger partial charge in [0.1, 0.15) is 17.6 Å². The number of halogens is 2. The quantitative estimate of drug-likeness (QED) is 0.801. The van der Waals surface area contributed by atoms with Crippen LogP contribution in [0.5, 0.6) is 0 Å². The zero-order valence-electron chi connectivity index (χ0n) is 15.7. The molecule has 7 nitrogen and oxygen atoms in total. The second-order valence-corrected chi connectivity index (χ2v) is 7.70. The summed E-state index contributed by atoms with van der Waals surface area (Å²) < 4.78 is 28.1. The molecule has 0 bridgehead atoms.